The van der Waals surface area contributed by atoms with Gasteiger partial charge in [0.05, 0.1) is 5.52 Å². The quantitative estimate of drug-likeness (QED) is 0.919. The molecule has 0 spiro atoms. The van der Waals surface area contributed by atoms with E-state index in [0.29, 0.717) is 11.6 Å². The minimum atomic E-state index is -0.246. The summed E-state index contributed by atoms with van der Waals surface area (Å²) in [6, 6.07) is 9.11. The zero-order valence-electron chi connectivity index (χ0n) is 13.9. The van der Waals surface area contributed by atoms with Crippen molar-refractivity contribution in [1.29, 1.82) is 0 Å². The van der Waals surface area contributed by atoms with Gasteiger partial charge in [-0.2, -0.15) is 0 Å². The maximum absolute atomic E-state index is 13.3. The number of pyridine rings is 1. The highest BCUT2D eigenvalue weighted by Gasteiger charge is 2.19. The number of nitrogens with one attached hydrogen (secondary N) is 1. The largest absolute Gasteiger partial charge is 0.368 e. The van der Waals surface area contributed by atoms with Crippen molar-refractivity contribution >= 4 is 16.7 Å². The molecular weight excluding hydrogens is 291 g/mol. The van der Waals surface area contributed by atoms with Gasteiger partial charge in [-0.25, -0.2) is 9.37 Å². The average molecular weight is 316 g/mol. The molecule has 0 saturated carbocycles. The first-order valence-corrected chi connectivity index (χ1v) is 8.42. The van der Waals surface area contributed by atoms with Gasteiger partial charge in [0.15, 0.2) is 0 Å². The molecule has 0 aliphatic carbocycles. The van der Waals surface area contributed by atoms with Crippen LogP contribution in [0.1, 0.15) is 13.8 Å². The SMILES string of the molecule is CCN1CCN([C@@H](C)CNc2ccc3ccc(F)cc3n2)CC1. The van der Waals surface area contributed by atoms with Crippen LogP contribution in [0.5, 0.6) is 0 Å². The van der Waals surface area contributed by atoms with E-state index in [1.54, 1.807) is 6.07 Å². The van der Waals surface area contributed by atoms with Crippen LogP contribution in [0.25, 0.3) is 10.9 Å². The van der Waals surface area contributed by atoms with Crippen molar-refractivity contribution in [1.82, 2.24) is 14.8 Å². The van der Waals surface area contributed by atoms with E-state index in [1.165, 1.54) is 12.1 Å². The molecule has 0 bridgehead atoms. The molecule has 1 aliphatic heterocycles. The van der Waals surface area contributed by atoms with E-state index in [2.05, 4.69) is 33.9 Å². The van der Waals surface area contributed by atoms with Crippen molar-refractivity contribution < 1.29 is 4.39 Å². The normalized spacial score (nSPS) is 18.2. The first kappa shape index (κ1) is 16.1. The fraction of sp³-hybridized carbons (Fsp3) is 0.500. The Bertz CT molecular complexity index is 653. The van der Waals surface area contributed by atoms with Crippen LogP contribution in [-0.4, -0.2) is 60.1 Å². The third-order valence-electron chi connectivity index (χ3n) is 4.71. The lowest BCUT2D eigenvalue weighted by atomic mass is 10.2. The van der Waals surface area contributed by atoms with Crippen molar-refractivity contribution in [3.63, 3.8) is 0 Å². The zero-order chi connectivity index (χ0) is 16.2. The van der Waals surface area contributed by atoms with E-state index in [1.807, 2.05) is 12.1 Å². The molecule has 0 amide bonds. The fourth-order valence-electron chi connectivity index (χ4n) is 3.09. The number of halogens is 1. The molecule has 5 heteroatoms. The second kappa shape index (κ2) is 7.23. The number of hydrogen-bond acceptors (Lipinski definition) is 4. The van der Waals surface area contributed by atoms with Crippen LogP contribution in [-0.2, 0) is 0 Å². The first-order valence-electron chi connectivity index (χ1n) is 8.42. The van der Waals surface area contributed by atoms with Gasteiger partial charge in [0.2, 0.25) is 0 Å². The molecular formula is C18H25FN4. The molecule has 23 heavy (non-hydrogen) atoms. The second-order valence-electron chi connectivity index (χ2n) is 6.23. The van der Waals surface area contributed by atoms with E-state index in [-0.39, 0.29) is 5.82 Å². The third kappa shape index (κ3) is 3.98. The van der Waals surface area contributed by atoms with Crippen LogP contribution in [0, 0.1) is 5.82 Å². The Kier molecular flexibility index (Phi) is 5.08. The highest BCUT2D eigenvalue weighted by Crippen LogP contribution is 2.16. The van der Waals surface area contributed by atoms with Gasteiger partial charge in [-0.15, -0.1) is 0 Å². The predicted molar refractivity (Wildman–Crippen MR) is 93.3 cm³/mol. The summed E-state index contributed by atoms with van der Waals surface area (Å²) >= 11 is 0. The summed E-state index contributed by atoms with van der Waals surface area (Å²) in [6.45, 7) is 11.0. The Morgan fingerprint density at radius 1 is 1.17 bits per heavy atom. The van der Waals surface area contributed by atoms with Crippen LogP contribution < -0.4 is 5.32 Å². The van der Waals surface area contributed by atoms with Crippen molar-refractivity contribution in [3.8, 4) is 0 Å². The molecule has 1 atom stereocenters. The number of hydrogen-bond donors (Lipinski definition) is 1. The summed E-state index contributed by atoms with van der Waals surface area (Å²) in [5, 5.41) is 4.35. The minimum absolute atomic E-state index is 0.246. The molecule has 2 aromatic rings. The van der Waals surface area contributed by atoms with Crippen molar-refractivity contribution in [3.05, 3.63) is 36.1 Å². The van der Waals surface area contributed by atoms with E-state index in [4.69, 9.17) is 0 Å². The fourth-order valence-corrected chi connectivity index (χ4v) is 3.09. The number of nitrogens with zero attached hydrogens (tertiary/aromatic N) is 3. The number of rotatable bonds is 5. The lowest BCUT2D eigenvalue weighted by molar-refractivity contribution is 0.110. The summed E-state index contributed by atoms with van der Waals surface area (Å²) in [7, 11) is 0. The van der Waals surface area contributed by atoms with Crippen molar-refractivity contribution in [2.75, 3.05) is 44.6 Å². The molecule has 3 rings (SSSR count). The molecule has 1 fully saturated rings. The van der Waals surface area contributed by atoms with Gasteiger partial charge in [-0.1, -0.05) is 6.92 Å². The van der Waals surface area contributed by atoms with Gasteiger partial charge in [-0.05, 0) is 37.7 Å². The van der Waals surface area contributed by atoms with Gasteiger partial charge < -0.3 is 10.2 Å². The number of fused-ring (bicyclic) bond motifs is 1. The topological polar surface area (TPSA) is 31.4 Å². The molecule has 1 aliphatic rings. The van der Waals surface area contributed by atoms with Gasteiger partial charge in [0.25, 0.3) is 0 Å². The second-order valence-corrected chi connectivity index (χ2v) is 6.23. The number of anilines is 1. The Morgan fingerprint density at radius 2 is 1.91 bits per heavy atom. The molecule has 1 N–H and O–H groups in total. The Balaban J connectivity index is 1.57. The molecule has 1 aromatic heterocycles. The highest BCUT2D eigenvalue weighted by molar-refractivity contribution is 5.80. The third-order valence-corrected chi connectivity index (χ3v) is 4.71. The van der Waals surface area contributed by atoms with Crippen LogP contribution in [0.2, 0.25) is 0 Å². The summed E-state index contributed by atoms with van der Waals surface area (Å²) in [5.74, 6) is 0.562. The predicted octanol–water partition coefficient (Wildman–Crippen LogP) is 2.81. The van der Waals surface area contributed by atoms with E-state index >= 15 is 0 Å². The van der Waals surface area contributed by atoms with E-state index < -0.39 is 0 Å². The van der Waals surface area contributed by atoms with Crippen molar-refractivity contribution in [2.45, 2.75) is 19.9 Å². The number of likely N-dealkylation sites (N-methyl/N-ethyl adjacent to an activating group) is 1. The highest BCUT2D eigenvalue weighted by atomic mass is 19.1. The summed E-state index contributed by atoms with van der Waals surface area (Å²) in [6.07, 6.45) is 0. The average Bonchev–Trinajstić information content (AvgIpc) is 2.59. The van der Waals surface area contributed by atoms with E-state index in [9.17, 15) is 4.39 Å². The van der Waals surface area contributed by atoms with Gasteiger partial charge in [0.1, 0.15) is 11.6 Å². The van der Waals surface area contributed by atoms with Gasteiger partial charge >= 0.3 is 0 Å². The standard InChI is InChI=1S/C18H25FN4/c1-3-22-8-10-23(11-9-22)14(2)13-20-18-7-5-15-4-6-16(19)12-17(15)21-18/h4-7,12,14H,3,8-11,13H2,1-2H3,(H,20,21)/t14-/m0/s1. The molecule has 124 valence electrons. The summed E-state index contributed by atoms with van der Waals surface area (Å²) in [5.41, 5.74) is 0.694. The lowest BCUT2D eigenvalue weighted by Crippen LogP contribution is -2.51. The summed E-state index contributed by atoms with van der Waals surface area (Å²) in [4.78, 5) is 9.50. The Labute approximate surface area is 137 Å². The smallest absolute Gasteiger partial charge is 0.126 e. The summed E-state index contributed by atoms with van der Waals surface area (Å²) < 4.78 is 13.3. The first-order chi connectivity index (χ1) is 11.2. The molecule has 1 aromatic carbocycles. The van der Waals surface area contributed by atoms with Crippen LogP contribution in [0.4, 0.5) is 10.2 Å². The van der Waals surface area contributed by atoms with Crippen LogP contribution in [0.15, 0.2) is 30.3 Å². The number of piperazine rings is 1. The van der Waals surface area contributed by atoms with Crippen LogP contribution >= 0.6 is 0 Å². The van der Waals surface area contributed by atoms with Gasteiger partial charge in [0, 0.05) is 50.2 Å². The molecule has 0 unspecified atom stereocenters. The molecule has 4 nitrogen and oxygen atoms in total. The van der Waals surface area contributed by atoms with E-state index in [0.717, 1.165) is 50.5 Å². The van der Waals surface area contributed by atoms with Crippen molar-refractivity contribution in [2.24, 2.45) is 0 Å². The Morgan fingerprint density at radius 3 is 2.65 bits per heavy atom. The molecule has 1 saturated heterocycles. The minimum Gasteiger partial charge on any atom is -0.368 e. The lowest BCUT2D eigenvalue weighted by Gasteiger charge is -2.37. The zero-order valence-corrected chi connectivity index (χ0v) is 13.9. The number of benzene rings is 1. The molecule has 0 radical (unpaired) electrons. The Hall–Kier alpha value is -1.72. The maximum atomic E-state index is 13.3. The van der Waals surface area contributed by atoms with Crippen LogP contribution in [0.3, 0.4) is 0 Å². The molecule has 2 heterocycles. The van der Waals surface area contributed by atoms with Gasteiger partial charge in [-0.3, -0.25) is 4.90 Å². The monoisotopic (exact) mass is 316 g/mol. The maximum Gasteiger partial charge on any atom is 0.126 e. The number of aromatic nitrogens is 1.